The topological polar surface area (TPSA) is 85.0 Å². The molecule has 1 aromatic carbocycles. The fourth-order valence-electron chi connectivity index (χ4n) is 4.18. The average Bonchev–Trinajstić information content (AvgIpc) is 3.60. The molecule has 2 aliphatic heterocycles. The van der Waals surface area contributed by atoms with Crippen LogP contribution in [0.15, 0.2) is 24.3 Å². The van der Waals surface area contributed by atoms with E-state index >= 15 is 0 Å². The Morgan fingerprint density at radius 2 is 1.55 bits per heavy atom. The lowest BCUT2D eigenvalue weighted by Crippen LogP contribution is -2.51. The van der Waals surface area contributed by atoms with Crippen LogP contribution in [0.3, 0.4) is 0 Å². The number of hydrogen-bond acceptors (Lipinski definition) is 5. The van der Waals surface area contributed by atoms with Crippen LogP contribution in [0, 0.1) is 0 Å². The van der Waals surface area contributed by atoms with Gasteiger partial charge < -0.3 is 15.5 Å². The zero-order valence-electron chi connectivity index (χ0n) is 18.1. The lowest BCUT2D eigenvalue weighted by Gasteiger charge is -2.35. The molecule has 0 atom stereocenters. The number of anilines is 1. The Hall–Kier alpha value is -2.45. The zero-order chi connectivity index (χ0) is 21.6. The smallest absolute Gasteiger partial charge is 0.251 e. The van der Waals surface area contributed by atoms with Gasteiger partial charge in [-0.05, 0) is 50.3 Å². The molecule has 0 aromatic heterocycles. The summed E-state index contributed by atoms with van der Waals surface area (Å²) in [6.45, 7) is 5.70. The summed E-state index contributed by atoms with van der Waals surface area (Å²) < 4.78 is 0. The maximum absolute atomic E-state index is 12.5. The first kappa shape index (κ1) is 21.8. The number of nitrogens with zero attached hydrogens (tertiary/aromatic N) is 3. The van der Waals surface area contributed by atoms with E-state index in [2.05, 4.69) is 20.4 Å². The van der Waals surface area contributed by atoms with Gasteiger partial charge in [0.05, 0.1) is 13.1 Å². The number of rotatable bonds is 7. The molecule has 2 N–H and O–H groups in total. The van der Waals surface area contributed by atoms with Crippen molar-refractivity contribution in [3.8, 4) is 0 Å². The van der Waals surface area contributed by atoms with Crippen molar-refractivity contribution >= 4 is 23.4 Å². The van der Waals surface area contributed by atoms with E-state index in [0.29, 0.717) is 30.4 Å². The second kappa shape index (κ2) is 10.2. The molecule has 0 spiro atoms. The Bertz CT molecular complexity index is 796. The van der Waals surface area contributed by atoms with Crippen molar-refractivity contribution in [2.75, 3.05) is 57.7 Å². The van der Waals surface area contributed by atoms with Crippen molar-refractivity contribution in [1.29, 1.82) is 0 Å². The largest absolute Gasteiger partial charge is 0.349 e. The predicted octanol–water partition coefficient (Wildman–Crippen LogP) is 1.15. The summed E-state index contributed by atoms with van der Waals surface area (Å²) in [5.74, 6) is 0.0583. The molecule has 3 amide bonds. The van der Waals surface area contributed by atoms with Crippen molar-refractivity contribution in [3.05, 3.63) is 29.8 Å². The summed E-state index contributed by atoms with van der Waals surface area (Å²) in [5.41, 5.74) is 1.20. The van der Waals surface area contributed by atoms with Crippen LogP contribution in [-0.4, -0.2) is 90.8 Å². The summed E-state index contributed by atoms with van der Waals surface area (Å²) in [6.07, 6.45) is 5.54. The Morgan fingerprint density at radius 3 is 2.23 bits per heavy atom. The minimum Gasteiger partial charge on any atom is -0.349 e. The average molecular weight is 428 g/mol. The highest BCUT2D eigenvalue weighted by Gasteiger charge is 2.25. The number of carbonyl (C=O) groups is 3. The third kappa shape index (κ3) is 6.51. The first-order chi connectivity index (χ1) is 15.1. The molecule has 3 fully saturated rings. The molecule has 2 heterocycles. The minimum atomic E-state index is -0.0891. The maximum Gasteiger partial charge on any atom is 0.251 e. The standard InChI is InChI=1S/C23H33N5O3/c29-21(24-20-6-4-5-18(15-20)23(31)25-19-7-8-19)16-26-11-13-27(14-12-26)17-22(30)28-9-2-1-3-10-28/h4-6,15,19H,1-3,7-14,16-17H2,(H,24,29)(H,25,31). The molecular weight excluding hydrogens is 394 g/mol. The molecule has 1 aliphatic carbocycles. The Kier molecular flexibility index (Phi) is 7.19. The number of hydrogen-bond donors (Lipinski definition) is 2. The molecule has 0 unspecified atom stereocenters. The maximum atomic E-state index is 12.5. The van der Waals surface area contributed by atoms with Crippen molar-refractivity contribution in [2.24, 2.45) is 0 Å². The van der Waals surface area contributed by atoms with E-state index in [1.165, 1.54) is 6.42 Å². The zero-order valence-corrected chi connectivity index (χ0v) is 18.1. The summed E-state index contributed by atoms with van der Waals surface area (Å²) in [5, 5.41) is 5.87. The van der Waals surface area contributed by atoms with Gasteiger partial charge in [0.15, 0.2) is 0 Å². The van der Waals surface area contributed by atoms with E-state index in [-0.39, 0.29) is 17.7 Å². The van der Waals surface area contributed by atoms with E-state index in [1.54, 1.807) is 24.3 Å². The van der Waals surface area contributed by atoms with Gasteiger partial charge in [0.1, 0.15) is 0 Å². The summed E-state index contributed by atoms with van der Waals surface area (Å²) in [7, 11) is 0. The molecule has 8 heteroatoms. The van der Waals surface area contributed by atoms with Crippen molar-refractivity contribution in [1.82, 2.24) is 20.0 Å². The molecule has 2 saturated heterocycles. The third-order valence-electron chi connectivity index (χ3n) is 6.22. The van der Waals surface area contributed by atoms with Crippen LogP contribution in [0.25, 0.3) is 0 Å². The molecule has 0 radical (unpaired) electrons. The van der Waals surface area contributed by atoms with Crippen LogP contribution < -0.4 is 10.6 Å². The summed E-state index contributed by atoms with van der Waals surface area (Å²) in [4.78, 5) is 43.4. The van der Waals surface area contributed by atoms with E-state index in [1.807, 2.05) is 4.90 Å². The highest BCUT2D eigenvalue weighted by molar-refractivity contribution is 5.97. The normalized spacial score (nSPS) is 20.3. The highest BCUT2D eigenvalue weighted by Crippen LogP contribution is 2.20. The van der Waals surface area contributed by atoms with Crippen LogP contribution >= 0.6 is 0 Å². The molecule has 31 heavy (non-hydrogen) atoms. The van der Waals surface area contributed by atoms with Crippen molar-refractivity contribution in [2.45, 2.75) is 38.1 Å². The molecule has 3 aliphatic rings. The van der Waals surface area contributed by atoms with Crippen molar-refractivity contribution in [3.63, 3.8) is 0 Å². The highest BCUT2D eigenvalue weighted by atomic mass is 16.2. The number of piperazine rings is 1. The van der Waals surface area contributed by atoms with Crippen molar-refractivity contribution < 1.29 is 14.4 Å². The SMILES string of the molecule is O=C(CN1CCN(CC(=O)N2CCCCC2)CC1)Nc1cccc(C(=O)NC2CC2)c1. The number of amides is 3. The summed E-state index contributed by atoms with van der Waals surface area (Å²) in [6, 6.07) is 7.38. The van der Waals surface area contributed by atoms with E-state index < -0.39 is 0 Å². The van der Waals surface area contributed by atoms with Crippen LogP contribution in [-0.2, 0) is 9.59 Å². The van der Waals surface area contributed by atoms with Crippen LogP contribution in [0.2, 0.25) is 0 Å². The number of nitrogens with one attached hydrogen (secondary N) is 2. The Balaban J connectivity index is 1.18. The summed E-state index contributed by atoms with van der Waals surface area (Å²) >= 11 is 0. The fourth-order valence-corrected chi connectivity index (χ4v) is 4.18. The van der Waals surface area contributed by atoms with Gasteiger partial charge in [-0.15, -0.1) is 0 Å². The first-order valence-electron chi connectivity index (χ1n) is 11.5. The van der Waals surface area contributed by atoms with Gasteiger partial charge in [0.2, 0.25) is 11.8 Å². The van der Waals surface area contributed by atoms with E-state index in [0.717, 1.165) is 65.0 Å². The molecule has 0 bridgehead atoms. The Labute approximate surface area is 183 Å². The van der Waals surface area contributed by atoms with E-state index in [9.17, 15) is 14.4 Å². The molecule has 168 valence electrons. The first-order valence-corrected chi connectivity index (χ1v) is 11.5. The van der Waals surface area contributed by atoms with Gasteiger partial charge in [-0.2, -0.15) is 0 Å². The number of benzene rings is 1. The quantitative estimate of drug-likeness (QED) is 0.682. The Morgan fingerprint density at radius 1 is 0.871 bits per heavy atom. The number of likely N-dealkylation sites (tertiary alicyclic amines) is 1. The van der Waals surface area contributed by atoms with Gasteiger partial charge in [0.25, 0.3) is 5.91 Å². The number of carbonyl (C=O) groups excluding carboxylic acids is 3. The molecule has 8 nitrogen and oxygen atoms in total. The molecule has 1 aromatic rings. The minimum absolute atomic E-state index is 0.0856. The molecular formula is C23H33N5O3. The molecule has 4 rings (SSSR count). The van der Waals surface area contributed by atoms with Gasteiger partial charge >= 0.3 is 0 Å². The monoisotopic (exact) mass is 427 g/mol. The predicted molar refractivity (Wildman–Crippen MR) is 119 cm³/mol. The molecule has 1 saturated carbocycles. The number of piperidine rings is 1. The van der Waals surface area contributed by atoms with Crippen LogP contribution in [0.4, 0.5) is 5.69 Å². The fraction of sp³-hybridized carbons (Fsp3) is 0.609. The van der Waals surface area contributed by atoms with Gasteiger partial charge in [-0.1, -0.05) is 6.07 Å². The second-order valence-corrected chi connectivity index (χ2v) is 8.87. The third-order valence-corrected chi connectivity index (χ3v) is 6.22. The lowest BCUT2D eigenvalue weighted by atomic mass is 10.1. The van der Waals surface area contributed by atoms with E-state index in [4.69, 9.17) is 0 Å². The van der Waals surface area contributed by atoms with Gasteiger partial charge in [-0.25, -0.2) is 0 Å². The van der Waals surface area contributed by atoms with Gasteiger partial charge in [0, 0.05) is 56.6 Å². The van der Waals surface area contributed by atoms with Gasteiger partial charge in [-0.3, -0.25) is 24.2 Å². The van der Waals surface area contributed by atoms with Crippen LogP contribution in [0.5, 0.6) is 0 Å². The second-order valence-electron chi connectivity index (χ2n) is 8.87. The van der Waals surface area contributed by atoms with Crippen LogP contribution in [0.1, 0.15) is 42.5 Å². The lowest BCUT2D eigenvalue weighted by molar-refractivity contribution is -0.134.